The minimum Gasteiger partial charge on any atom is -0.325 e. The number of rotatable bonds is 2. The van der Waals surface area contributed by atoms with Crippen LogP contribution in [0.5, 0.6) is 0 Å². The van der Waals surface area contributed by atoms with Crippen molar-refractivity contribution in [3.8, 4) is 11.4 Å². The van der Waals surface area contributed by atoms with Gasteiger partial charge in [-0.3, -0.25) is 0 Å². The van der Waals surface area contributed by atoms with Crippen molar-refractivity contribution >= 4 is 0 Å². The number of nitrogens with two attached hydrogens (primary N) is 1. The Balaban J connectivity index is 2.44. The van der Waals surface area contributed by atoms with Crippen molar-refractivity contribution < 1.29 is 0 Å². The van der Waals surface area contributed by atoms with Crippen molar-refractivity contribution in [3.05, 3.63) is 46.8 Å². The lowest BCUT2D eigenvalue weighted by Gasteiger charge is -2.19. The molecule has 0 radical (unpaired) electrons. The lowest BCUT2D eigenvalue weighted by molar-refractivity contribution is 0.590. The number of aromatic nitrogens is 2. The maximum Gasteiger partial charge on any atom is 0.159 e. The zero-order valence-electron chi connectivity index (χ0n) is 13.0. The SMILES string of the molecule is Cc1nc(-c2ccc(C(C)(C)C)cc2)nc(CN)c1C. The first-order valence-corrected chi connectivity index (χ1v) is 6.98. The summed E-state index contributed by atoms with van der Waals surface area (Å²) < 4.78 is 0. The summed E-state index contributed by atoms with van der Waals surface area (Å²) in [6, 6.07) is 8.47. The van der Waals surface area contributed by atoms with E-state index in [0.29, 0.717) is 6.54 Å². The zero-order chi connectivity index (χ0) is 14.9. The van der Waals surface area contributed by atoms with Gasteiger partial charge in [-0.05, 0) is 30.4 Å². The van der Waals surface area contributed by atoms with Crippen LogP contribution in [0, 0.1) is 13.8 Å². The van der Waals surface area contributed by atoms with Crippen LogP contribution in [0.4, 0.5) is 0 Å². The Bertz CT molecular complexity index is 607. The summed E-state index contributed by atoms with van der Waals surface area (Å²) in [5.41, 5.74) is 11.3. The summed E-state index contributed by atoms with van der Waals surface area (Å²) in [4.78, 5) is 9.15. The van der Waals surface area contributed by atoms with E-state index in [2.05, 4.69) is 55.0 Å². The molecule has 0 unspecified atom stereocenters. The zero-order valence-corrected chi connectivity index (χ0v) is 13.0. The van der Waals surface area contributed by atoms with Crippen LogP contribution in [0.2, 0.25) is 0 Å². The molecular weight excluding hydrogens is 246 g/mol. The van der Waals surface area contributed by atoms with E-state index in [1.807, 2.05) is 13.8 Å². The van der Waals surface area contributed by atoms with Crippen LogP contribution in [0.1, 0.15) is 43.3 Å². The van der Waals surface area contributed by atoms with E-state index in [9.17, 15) is 0 Å². The molecule has 0 bridgehead atoms. The Morgan fingerprint density at radius 2 is 1.60 bits per heavy atom. The second kappa shape index (κ2) is 5.33. The Kier molecular flexibility index (Phi) is 3.91. The predicted octanol–water partition coefficient (Wildman–Crippen LogP) is 3.52. The molecule has 1 aromatic carbocycles. The number of benzene rings is 1. The maximum atomic E-state index is 5.76. The van der Waals surface area contributed by atoms with Crippen LogP contribution >= 0.6 is 0 Å². The van der Waals surface area contributed by atoms with E-state index in [1.54, 1.807) is 0 Å². The Labute approximate surface area is 121 Å². The van der Waals surface area contributed by atoms with E-state index >= 15 is 0 Å². The molecule has 0 aliphatic carbocycles. The minimum atomic E-state index is 0.158. The molecule has 3 heteroatoms. The fourth-order valence-corrected chi connectivity index (χ4v) is 2.14. The van der Waals surface area contributed by atoms with Gasteiger partial charge in [0.05, 0.1) is 5.69 Å². The molecule has 0 saturated carbocycles. The molecule has 1 heterocycles. The molecule has 1 aromatic heterocycles. The second-order valence-electron chi connectivity index (χ2n) is 6.24. The molecule has 2 aromatic rings. The average molecular weight is 269 g/mol. The average Bonchev–Trinajstić information content (AvgIpc) is 2.41. The summed E-state index contributed by atoms with van der Waals surface area (Å²) in [5.74, 6) is 0.758. The highest BCUT2D eigenvalue weighted by Crippen LogP contribution is 2.25. The van der Waals surface area contributed by atoms with Gasteiger partial charge in [0, 0.05) is 17.8 Å². The van der Waals surface area contributed by atoms with E-state index in [4.69, 9.17) is 5.73 Å². The van der Waals surface area contributed by atoms with Gasteiger partial charge >= 0.3 is 0 Å². The smallest absolute Gasteiger partial charge is 0.159 e. The highest BCUT2D eigenvalue weighted by atomic mass is 14.9. The monoisotopic (exact) mass is 269 g/mol. The third kappa shape index (κ3) is 2.88. The number of nitrogens with zero attached hydrogens (tertiary/aromatic N) is 2. The Morgan fingerprint density at radius 3 is 2.10 bits per heavy atom. The first kappa shape index (κ1) is 14.7. The van der Waals surface area contributed by atoms with E-state index in [0.717, 1.165) is 28.3 Å². The molecule has 0 spiro atoms. The quantitative estimate of drug-likeness (QED) is 0.907. The van der Waals surface area contributed by atoms with Crippen LogP contribution in [0.15, 0.2) is 24.3 Å². The van der Waals surface area contributed by atoms with Gasteiger partial charge in [-0.15, -0.1) is 0 Å². The van der Waals surface area contributed by atoms with Crippen molar-refractivity contribution in [2.45, 2.75) is 46.6 Å². The molecule has 3 nitrogen and oxygen atoms in total. The van der Waals surface area contributed by atoms with Gasteiger partial charge in [0.25, 0.3) is 0 Å². The van der Waals surface area contributed by atoms with E-state index < -0.39 is 0 Å². The molecule has 2 rings (SSSR count). The topological polar surface area (TPSA) is 51.8 Å². The van der Waals surface area contributed by atoms with Gasteiger partial charge in [-0.25, -0.2) is 9.97 Å². The van der Waals surface area contributed by atoms with E-state index in [1.165, 1.54) is 5.56 Å². The molecule has 106 valence electrons. The van der Waals surface area contributed by atoms with Crippen molar-refractivity contribution in [2.24, 2.45) is 5.73 Å². The standard InChI is InChI=1S/C17H23N3/c1-11-12(2)19-16(20-15(11)10-18)13-6-8-14(9-7-13)17(3,4)5/h6-9H,10,18H2,1-5H3. The molecule has 0 aliphatic heterocycles. The highest BCUT2D eigenvalue weighted by Gasteiger charge is 2.14. The fraction of sp³-hybridized carbons (Fsp3) is 0.412. The van der Waals surface area contributed by atoms with Crippen molar-refractivity contribution in [1.82, 2.24) is 9.97 Å². The van der Waals surface area contributed by atoms with Gasteiger partial charge in [-0.2, -0.15) is 0 Å². The van der Waals surface area contributed by atoms with Crippen LogP contribution < -0.4 is 5.73 Å². The highest BCUT2D eigenvalue weighted by molar-refractivity contribution is 5.56. The molecular formula is C17H23N3. The second-order valence-corrected chi connectivity index (χ2v) is 6.24. The van der Waals surface area contributed by atoms with Gasteiger partial charge in [0.15, 0.2) is 5.82 Å². The lowest BCUT2D eigenvalue weighted by Crippen LogP contribution is -2.11. The Morgan fingerprint density at radius 1 is 1.00 bits per heavy atom. The molecule has 2 N–H and O–H groups in total. The summed E-state index contributed by atoms with van der Waals surface area (Å²) in [6.07, 6.45) is 0. The minimum absolute atomic E-state index is 0.158. The third-order valence-corrected chi connectivity index (χ3v) is 3.69. The van der Waals surface area contributed by atoms with Crippen LogP contribution in [0.25, 0.3) is 11.4 Å². The maximum absolute atomic E-state index is 5.76. The van der Waals surface area contributed by atoms with Crippen molar-refractivity contribution in [3.63, 3.8) is 0 Å². The number of aryl methyl sites for hydroxylation is 1. The van der Waals surface area contributed by atoms with Crippen molar-refractivity contribution in [1.29, 1.82) is 0 Å². The molecule has 20 heavy (non-hydrogen) atoms. The normalized spacial score (nSPS) is 11.7. The largest absolute Gasteiger partial charge is 0.325 e. The summed E-state index contributed by atoms with van der Waals surface area (Å²) in [7, 11) is 0. The molecule has 0 aliphatic rings. The summed E-state index contributed by atoms with van der Waals surface area (Å²) in [6.45, 7) is 11.1. The van der Waals surface area contributed by atoms with Crippen LogP contribution in [-0.4, -0.2) is 9.97 Å². The van der Waals surface area contributed by atoms with Gasteiger partial charge in [0.2, 0.25) is 0 Å². The molecule has 0 fully saturated rings. The van der Waals surface area contributed by atoms with E-state index in [-0.39, 0.29) is 5.41 Å². The summed E-state index contributed by atoms with van der Waals surface area (Å²) >= 11 is 0. The lowest BCUT2D eigenvalue weighted by atomic mass is 9.86. The van der Waals surface area contributed by atoms with Gasteiger partial charge in [-0.1, -0.05) is 45.0 Å². The fourth-order valence-electron chi connectivity index (χ4n) is 2.14. The molecule has 0 amide bonds. The van der Waals surface area contributed by atoms with Crippen LogP contribution in [0.3, 0.4) is 0 Å². The first-order chi connectivity index (χ1) is 9.32. The van der Waals surface area contributed by atoms with Crippen molar-refractivity contribution in [2.75, 3.05) is 0 Å². The van der Waals surface area contributed by atoms with Gasteiger partial charge < -0.3 is 5.73 Å². The first-order valence-electron chi connectivity index (χ1n) is 6.98. The molecule has 0 saturated heterocycles. The van der Waals surface area contributed by atoms with Gasteiger partial charge in [0.1, 0.15) is 0 Å². The Hall–Kier alpha value is -1.74. The summed E-state index contributed by atoms with van der Waals surface area (Å²) in [5, 5.41) is 0. The predicted molar refractivity (Wildman–Crippen MR) is 83.5 cm³/mol. The number of hydrogen-bond donors (Lipinski definition) is 1. The molecule has 0 atom stereocenters. The van der Waals surface area contributed by atoms with Crippen LogP contribution in [-0.2, 0) is 12.0 Å². The number of hydrogen-bond acceptors (Lipinski definition) is 3. The third-order valence-electron chi connectivity index (χ3n) is 3.69.